The highest BCUT2D eigenvalue weighted by Gasteiger charge is 2.22. The zero-order valence-electron chi connectivity index (χ0n) is 10.4. The van der Waals surface area contributed by atoms with E-state index in [4.69, 9.17) is 4.74 Å². The van der Waals surface area contributed by atoms with Crippen LogP contribution in [0.4, 0.5) is 5.69 Å². The van der Waals surface area contributed by atoms with Crippen LogP contribution in [0.1, 0.15) is 24.0 Å². The number of benzene rings is 1. The number of hydrogen-bond acceptors (Lipinski definition) is 3. The first-order valence-electron chi connectivity index (χ1n) is 6.03. The number of hydrogen-bond donors (Lipinski definition) is 0. The van der Waals surface area contributed by atoms with Gasteiger partial charge < -0.3 is 9.64 Å². The topological polar surface area (TPSA) is 36.3 Å². The lowest BCUT2D eigenvalue weighted by molar-refractivity contribution is 0.0893. The summed E-state index contributed by atoms with van der Waals surface area (Å²) in [5, 5.41) is 9.19. The Labute approximate surface area is 103 Å². The summed E-state index contributed by atoms with van der Waals surface area (Å²) >= 11 is 0. The van der Waals surface area contributed by atoms with Gasteiger partial charge in [0.25, 0.3) is 0 Å². The average Bonchev–Trinajstić information content (AvgIpc) is 2.38. The summed E-state index contributed by atoms with van der Waals surface area (Å²) in [7, 11) is 1.76. The molecule has 0 bridgehead atoms. The number of aryl methyl sites for hydroxylation is 1. The molecule has 1 heterocycles. The number of piperidine rings is 1. The second-order valence-corrected chi connectivity index (χ2v) is 4.53. The van der Waals surface area contributed by atoms with Crippen LogP contribution < -0.4 is 4.90 Å². The zero-order valence-corrected chi connectivity index (χ0v) is 10.4. The third-order valence-electron chi connectivity index (χ3n) is 3.39. The predicted octanol–water partition coefficient (Wildman–Crippen LogP) is 2.48. The highest BCUT2D eigenvalue weighted by molar-refractivity contribution is 5.64. The first-order chi connectivity index (χ1) is 8.26. The van der Waals surface area contributed by atoms with Gasteiger partial charge in [-0.1, -0.05) is 12.1 Å². The Kier molecular flexibility index (Phi) is 3.65. The summed E-state index contributed by atoms with van der Waals surface area (Å²) < 4.78 is 5.43. The van der Waals surface area contributed by atoms with Crippen molar-refractivity contribution in [3.05, 3.63) is 29.3 Å². The van der Waals surface area contributed by atoms with Gasteiger partial charge in [-0.05, 0) is 31.4 Å². The molecule has 1 aromatic carbocycles. The van der Waals surface area contributed by atoms with Crippen molar-refractivity contribution in [3.63, 3.8) is 0 Å². The second kappa shape index (κ2) is 5.20. The normalized spacial score (nSPS) is 20.1. The fourth-order valence-corrected chi connectivity index (χ4v) is 2.50. The minimum atomic E-state index is 0.287. The van der Waals surface area contributed by atoms with Crippen LogP contribution in [0.5, 0.6) is 0 Å². The lowest BCUT2D eigenvalue weighted by Crippen LogP contribution is -2.40. The van der Waals surface area contributed by atoms with E-state index >= 15 is 0 Å². The molecule has 3 heteroatoms. The molecule has 1 aliphatic rings. The van der Waals surface area contributed by atoms with Gasteiger partial charge in [0.05, 0.1) is 17.4 Å². The first-order valence-corrected chi connectivity index (χ1v) is 6.03. The highest BCUT2D eigenvalue weighted by atomic mass is 16.5. The SMILES string of the molecule is COC1CCCN(c2c(C)cccc2C#N)C1. The van der Waals surface area contributed by atoms with Crippen LogP contribution in [0, 0.1) is 18.3 Å². The summed E-state index contributed by atoms with van der Waals surface area (Å²) in [5.74, 6) is 0. The van der Waals surface area contributed by atoms with Crippen LogP contribution in [0.25, 0.3) is 0 Å². The van der Waals surface area contributed by atoms with Crippen molar-refractivity contribution in [2.75, 3.05) is 25.1 Å². The molecule has 17 heavy (non-hydrogen) atoms. The molecule has 0 saturated carbocycles. The van der Waals surface area contributed by atoms with Crippen molar-refractivity contribution in [3.8, 4) is 6.07 Å². The molecule has 0 amide bonds. The van der Waals surface area contributed by atoms with Crippen molar-refractivity contribution in [1.82, 2.24) is 0 Å². The van der Waals surface area contributed by atoms with E-state index in [1.165, 1.54) is 5.56 Å². The van der Waals surface area contributed by atoms with Gasteiger partial charge in [0.1, 0.15) is 6.07 Å². The molecule has 0 N–H and O–H groups in total. The standard InChI is InChI=1S/C14H18N2O/c1-11-5-3-6-12(9-15)14(11)16-8-4-7-13(10-16)17-2/h3,5-6,13H,4,7-8,10H2,1-2H3. The van der Waals surface area contributed by atoms with E-state index in [1.807, 2.05) is 12.1 Å². The van der Waals surface area contributed by atoms with E-state index in [0.29, 0.717) is 0 Å². The number of ether oxygens (including phenoxy) is 1. The van der Waals surface area contributed by atoms with Gasteiger partial charge in [-0.3, -0.25) is 0 Å². The Hall–Kier alpha value is -1.53. The van der Waals surface area contributed by atoms with Gasteiger partial charge in [-0.25, -0.2) is 0 Å². The molecule has 1 aliphatic heterocycles. The molecule has 0 spiro atoms. The minimum absolute atomic E-state index is 0.287. The molecule has 0 aliphatic carbocycles. The van der Waals surface area contributed by atoms with Crippen molar-refractivity contribution in [1.29, 1.82) is 5.26 Å². The Morgan fingerprint density at radius 1 is 1.47 bits per heavy atom. The Morgan fingerprint density at radius 2 is 2.29 bits per heavy atom. The minimum Gasteiger partial charge on any atom is -0.380 e. The van der Waals surface area contributed by atoms with Gasteiger partial charge in [0.15, 0.2) is 0 Å². The van der Waals surface area contributed by atoms with E-state index in [0.717, 1.165) is 37.2 Å². The Bertz CT molecular complexity index is 436. The monoisotopic (exact) mass is 230 g/mol. The number of nitriles is 1. The van der Waals surface area contributed by atoms with Gasteiger partial charge in [-0.2, -0.15) is 5.26 Å². The number of para-hydroxylation sites is 1. The molecule has 0 aromatic heterocycles. The van der Waals surface area contributed by atoms with Crippen LogP contribution in [0.15, 0.2) is 18.2 Å². The molecule has 1 aromatic rings. The Morgan fingerprint density at radius 3 is 3.00 bits per heavy atom. The van der Waals surface area contributed by atoms with Gasteiger partial charge >= 0.3 is 0 Å². The third kappa shape index (κ3) is 2.42. The fourth-order valence-electron chi connectivity index (χ4n) is 2.50. The average molecular weight is 230 g/mol. The summed E-state index contributed by atoms with van der Waals surface area (Å²) in [4.78, 5) is 2.28. The highest BCUT2D eigenvalue weighted by Crippen LogP contribution is 2.28. The van der Waals surface area contributed by atoms with Crippen LogP contribution in [0.2, 0.25) is 0 Å². The largest absolute Gasteiger partial charge is 0.380 e. The lowest BCUT2D eigenvalue weighted by atomic mass is 10.0. The second-order valence-electron chi connectivity index (χ2n) is 4.53. The molecule has 0 radical (unpaired) electrons. The van der Waals surface area contributed by atoms with E-state index in [9.17, 15) is 5.26 Å². The molecule has 90 valence electrons. The smallest absolute Gasteiger partial charge is 0.101 e. The van der Waals surface area contributed by atoms with Gasteiger partial charge in [0.2, 0.25) is 0 Å². The van der Waals surface area contributed by atoms with Crippen molar-refractivity contribution in [2.45, 2.75) is 25.9 Å². The maximum atomic E-state index is 9.19. The fraction of sp³-hybridized carbons (Fsp3) is 0.500. The third-order valence-corrected chi connectivity index (χ3v) is 3.39. The summed E-state index contributed by atoms with van der Waals surface area (Å²) in [6.45, 7) is 3.96. The van der Waals surface area contributed by atoms with Crippen LogP contribution in [-0.2, 0) is 4.74 Å². The molecular formula is C14H18N2O. The molecule has 1 fully saturated rings. The van der Waals surface area contributed by atoms with Crippen LogP contribution >= 0.6 is 0 Å². The molecule has 1 unspecified atom stereocenters. The summed E-state index contributed by atoms with van der Waals surface area (Å²) in [5.41, 5.74) is 3.01. The number of nitrogens with zero attached hydrogens (tertiary/aromatic N) is 2. The molecule has 2 rings (SSSR count). The zero-order chi connectivity index (χ0) is 12.3. The van der Waals surface area contributed by atoms with Crippen molar-refractivity contribution >= 4 is 5.69 Å². The van der Waals surface area contributed by atoms with E-state index < -0.39 is 0 Å². The maximum absolute atomic E-state index is 9.19. The van der Waals surface area contributed by atoms with Gasteiger partial charge in [0, 0.05) is 20.2 Å². The van der Waals surface area contributed by atoms with Crippen molar-refractivity contribution < 1.29 is 4.74 Å². The summed E-state index contributed by atoms with van der Waals surface area (Å²) in [6, 6.07) is 8.17. The number of anilines is 1. The van der Waals surface area contributed by atoms with Crippen LogP contribution in [0.3, 0.4) is 0 Å². The quantitative estimate of drug-likeness (QED) is 0.783. The lowest BCUT2D eigenvalue weighted by Gasteiger charge is -2.35. The number of methoxy groups -OCH3 is 1. The maximum Gasteiger partial charge on any atom is 0.101 e. The molecule has 3 nitrogen and oxygen atoms in total. The summed E-state index contributed by atoms with van der Waals surface area (Å²) in [6.07, 6.45) is 2.52. The van der Waals surface area contributed by atoms with E-state index in [2.05, 4.69) is 24.0 Å². The molecule has 1 saturated heterocycles. The first kappa shape index (κ1) is 11.9. The van der Waals surface area contributed by atoms with E-state index in [-0.39, 0.29) is 6.10 Å². The number of rotatable bonds is 2. The predicted molar refractivity (Wildman–Crippen MR) is 68.1 cm³/mol. The molecule has 1 atom stereocenters. The Balaban J connectivity index is 2.30. The van der Waals surface area contributed by atoms with Crippen molar-refractivity contribution in [2.24, 2.45) is 0 Å². The molecular weight excluding hydrogens is 212 g/mol. The van der Waals surface area contributed by atoms with Crippen LogP contribution in [-0.4, -0.2) is 26.3 Å². The van der Waals surface area contributed by atoms with Gasteiger partial charge in [-0.15, -0.1) is 0 Å². The van der Waals surface area contributed by atoms with E-state index in [1.54, 1.807) is 7.11 Å².